The summed E-state index contributed by atoms with van der Waals surface area (Å²) in [6, 6.07) is 0. The Hall–Kier alpha value is -0.980. The van der Waals surface area contributed by atoms with E-state index in [1.54, 1.807) is 0 Å². The highest BCUT2D eigenvalue weighted by Crippen LogP contribution is 2.07. The quantitative estimate of drug-likeness (QED) is 0.661. The maximum absolute atomic E-state index is 4.12. The van der Waals surface area contributed by atoms with Crippen molar-refractivity contribution >= 4 is 0 Å². The Kier molecular flexibility index (Phi) is 4.47. The molecule has 6 heteroatoms. The van der Waals surface area contributed by atoms with E-state index in [1.165, 1.54) is 0 Å². The summed E-state index contributed by atoms with van der Waals surface area (Å²) in [4.78, 5) is 4.61. The SMILES string of the molecule is CN(C)CCNCCN1CCn2cnnc2C1. The van der Waals surface area contributed by atoms with Crippen molar-refractivity contribution in [1.82, 2.24) is 29.9 Å². The number of aromatic nitrogens is 3. The molecular weight excluding hydrogens is 216 g/mol. The van der Waals surface area contributed by atoms with Gasteiger partial charge < -0.3 is 14.8 Å². The first-order valence-electron chi connectivity index (χ1n) is 6.20. The molecule has 96 valence electrons. The number of nitrogens with one attached hydrogen (secondary N) is 1. The normalized spacial score (nSPS) is 16.4. The molecule has 1 N–H and O–H groups in total. The lowest BCUT2D eigenvalue weighted by Crippen LogP contribution is -2.39. The van der Waals surface area contributed by atoms with Crippen molar-refractivity contribution in [2.24, 2.45) is 0 Å². The van der Waals surface area contributed by atoms with E-state index in [1.807, 2.05) is 6.33 Å². The van der Waals surface area contributed by atoms with E-state index in [4.69, 9.17) is 0 Å². The van der Waals surface area contributed by atoms with Gasteiger partial charge in [0.25, 0.3) is 0 Å². The van der Waals surface area contributed by atoms with Gasteiger partial charge in [0.1, 0.15) is 12.2 Å². The summed E-state index contributed by atoms with van der Waals surface area (Å²) >= 11 is 0. The van der Waals surface area contributed by atoms with Crippen LogP contribution in [0.2, 0.25) is 0 Å². The van der Waals surface area contributed by atoms with Crippen LogP contribution in [0.5, 0.6) is 0 Å². The fourth-order valence-electron chi connectivity index (χ4n) is 1.97. The van der Waals surface area contributed by atoms with E-state index in [0.717, 1.165) is 51.6 Å². The zero-order chi connectivity index (χ0) is 12.1. The monoisotopic (exact) mass is 238 g/mol. The van der Waals surface area contributed by atoms with Crippen LogP contribution >= 0.6 is 0 Å². The predicted octanol–water partition coefficient (Wildman–Crippen LogP) is -0.755. The van der Waals surface area contributed by atoms with E-state index < -0.39 is 0 Å². The molecule has 2 rings (SSSR count). The zero-order valence-electron chi connectivity index (χ0n) is 10.8. The van der Waals surface area contributed by atoms with Gasteiger partial charge in [-0.05, 0) is 14.1 Å². The first-order chi connectivity index (χ1) is 8.25. The highest BCUT2D eigenvalue weighted by atomic mass is 15.3. The van der Waals surface area contributed by atoms with Crippen LogP contribution in [0.1, 0.15) is 5.82 Å². The van der Waals surface area contributed by atoms with E-state index in [-0.39, 0.29) is 0 Å². The van der Waals surface area contributed by atoms with Crippen molar-refractivity contribution < 1.29 is 0 Å². The van der Waals surface area contributed by atoms with Gasteiger partial charge in [0.15, 0.2) is 0 Å². The highest BCUT2D eigenvalue weighted by molar-refractivity contribution is 4.89. The number of hydrogen-bond acceptors (Lipinski definition) is 5. The van der Waals surface area contributed by atoms with E-state index in [0.29, 0.717) is 0 Å². The van der Waals surface area contributed by atoms with E-state index in [2.05, 4.69) is 44.0 Å². The van der Waals surface area contributed by atoms with Crippen LogP contribution in [0.3, 0.4) is 0 Å². The minimum atomic E-state index is 0.926. The van der Waals surface area contributed by atoms with Crippen LogP contribution in [-0.2, 0) is 13.1 Å². The Morgan fingerprint density at radius 3 is 3.06 bits per heavy atom. The number of nitrogens with zero attached hydrogens (tertiary/aromatic N) is 5. The number of rotatable bonds is 6. The van der Waals surface area contributed by atoms with Crippen molar-refractivity contribution in [2.75, 3.05) is 46.8 Å². The fourth-order valence-corrected chi connectivity index (χ4v) is 1.97. The summed E-state index contributed by atoms with van der Waals surface area (Å²) in [5, 5.41) is 11.5. The molecule has 0 amide bonds. The molecule has 0 fully saturated rings. The third kappa shape index (κ3) is 3.76. The lowest BCUT2D eigenvalue weighted by atomic mass is 10.3. The van der Waals surface area contributed by atoms with Gasteiger partial charge in [0.2, 0.25) is 0 Å². The average molecular weight is 238 g/mol. The summed E-state index contributed by atoms with van der Waals surface area (Å²) in [6.07, 6.45) is 1.82. The first-order valence-corrected chi connectivity index (χ1v) is 6.20. The van der Waals surface area contributed by atoms with Gasteiger partial charge in [0.05, 0.1) is 6.54 Å². The molecule has 6 nitrogen and oxygen atoms in total. The van der Waals surface area contributed by atoms with Crippen molar-refractivity contribution in [3.8, 4) is 0 Å². The molecular formula is C11H22N6. The third-order valence-electron chi connectivity index (χ3n) is 3.06. The average Bonchev–Trinajstić information content (AvgIpc) is 2.75. The van der Waals surface area contributed by atoms with Gasteiger partial charge in [0, 0.05) is 39.3 Å². The van der Waals surface area contributed by atoms with Crippen LogP contribution < -0.4 is 5.32 Å². The second-order valence-corrected chi connectivity index (χ2v) is 4.77. The topological polar surface area (TPSA) is 49.2 Å². The molecule has 17 heavy (non-hydrogen) atoms. The molecule has 0 radical (unpaired) electrons. The zero-order valence-corrected chi connectivity index (χ0v) is 10.8. The molecule has 0 saturated carbocycles. The minimum absolute atomic E-state index is 0.926. The van der Waals surface area contributed by atoms with Gasteiger partial charge in [-0.25, -0.2) is 0 Å². The first kappa shape index (κ1) is 12.5. The number of likely N-dealkylation sites (N-methyl/N-ethyl adjacent to an activating group) is 1. The summed E-state index contributed by atoms with van der Waals surface area (Å²) in [6.45, 7) is 7.31. The molecule has 1 aromatic heterocycles. The van der Waals surface area contributed by atoms with Gasteiger partial charge in [-0.3, -0.25) is 4.90 Å². The van der Waals surface area contributed by atoms with Gasteiger partial charge in [-0.2, -0.15) is 0 Å². The summed E-state index contributed by atoms with van der Waals surface area (Å²) < 4.78 is 2.13. The molecule has 1 aromatic rings. The van der Waals surface area contributed by atoms with Gasteiger partial charge >= 0.3 is 0 Å². The largest absolute Gasteiger partial charge is 0.315 e. The van der Waals surface area contributed by atoms with Crippen LogP contribution in [0.4, 0.5) is 0 Å². The smallest absolute Gasteiger partial charge is 0.147 e. The Balaban J connectivity index is 1.62. The maximum atomic E-state index is 4.12. The van der Waals surface area contributed by atoms with E-state index in [9.17, 15) is 0 Å². The molecule has 1 aliphatic heterocycles. The molecule has 0 saturated heterocycles. The number of hydrogen-bond donors (Lipinski definition) is 1. The fraction of sp³-hybridized carbons (Fsp3) is 0.818. The lowest BCUT2D eigenvalue weighted by molar-refractivity contribution is 0.216. The summed E-state index contributed by atoms with van der Waals surface area (Å²) in [7, 11) is 4.19. The molecule has 0 aromatic carbocycles. The van der Waals surface area contributed by atoms with Gasteiger partial charge in [-0.15, -0.1) is 10.2 Å². The molecule has 1 aliphatic rings. The Bertz CT molecular complexity index is 334. The summed E-state index contributed by atoms with van der Waals surface area (Å²) in [5.74, 6) is 1.09. The molecule has 0 spiro atoms. The molecule has 0 bridgehead atoms. The van der Waals surface area contributed by atoms with Crippen LogP contribution in [-0.4, -0.2) is 71.4 Å². The molecule has 0 aliphatic carbocycles. The van der Waals surface area contributed by atoms with Gasteiger partial charge in [-0.1, -0.05) is 0 Å². The second kappa shape index (κ2) is 6.09. The Morgan fingerprint density at radius 2 is 2.24 bits per heavy atom. The van der Waals surface area contributed by atoms with Crippen LogP contribution in [0.25, 0.3) is 0 Å². The summed E-state index contributed by atoms with van der Waals surface area (Å²) in [5.41, 5.74) is 0. The number of fused-ring (bicyclic) bond motifs is 1. The predicted molar refractivity (Wildman–Crippen MR) is 66.7 cm³/mol. The highest BCUT2D eigenvalue weighted by Gasteiger charge is 2.16. The standard InChI is InChI=1S/C11H22N6/c1-15(2)5-3-12-4-6-16-7-8-17-10-13-14-11(17)9-16/h10,12H,3-9H2,1-2H3. The second-order valence-electron chi connectivity index (χ2n) is 4.77. The van der Waals surface area contributed by atoms with E-state index >= 15 is 0 Å². The van der Waals surface area contributed by atoms with Crippen LogP contribution in [0, 0.1) is 0 Å². The lowest BCUT2D eigenvalue weighted by Gasteiger charge is -2.26. The molecule has 2 heterocycles. The van der Waals surface area contributed by atoms with Crippen LogP contribution in [0.15, 0.2) is 6.33 Å². The Morgan fingerprint density at radius 1 is 1.35 bits per heavy atom. The van der Waals surface area contributed by atoms with Crippen molar-refractivity contribution in [3.63, 3.8) is 0 Å². The third-order valence-corrected chi connectivity index (χ3v) is 3.06. The molecule has 0 atom stereocenters. The van der Waals surface area contributed by atoms with Crippen molar-refractivity contribution in [1.29, 1.82) is 0 Å². The molecule has 0 unspecified atom stereocenters. The van der Waals surface area contributed by atoms with Crippen molar-refractivity contribution in [3.05, 3.63) is 12.2 Å². The maximum Gasteiger partial charge on any atom is 0.147 e. The minimum Gasteiger partial charge on any atom is -0.315 e. The Labute approximate surface area is 103 Å². The van der Waals surface area contributed by atoms with Crippen molar-refractivity contribution in [2.45, 2.75) is 13.1 Å².